The van der Waals surface area contributed by atoms with Crippen molar-refractivity contribution in [2.24, 2.45) is 0 Å². The lowest BCUT2D eigenvalue weighted by Gasteiger charge is -1.99. The zero-order chi connectivity index (χ0) is 8.81. The summed E-state index contributed by atoms with van der Waals surface area (Å²) in [6.45, 7) is 3.65. The number of hydrogen-bond acceptors (Lipinski definition) is 3. The Morgan fingerprint density at radius 1 is 1.67 bits per heavy atom. The first-order valence-electron chi connectivity index (χ1n) is 4.13. The number of ether oxygens (including phenoxy) is 1. The SMILES string of the molecule is CCn1cc(OCCCS)cn1. The molecule has 0 N–H and O–H groups in total. The normalized spacial score (nSPS) is 10.2. The summed E-state index contributed by atoms with van der Waals surface area (Å²) >= 11 is 4.09. The van der Waals surface area contributed by atoms with Crippen LogP contribution in [0.1, 0.15) is 13.3 Å². The van der Waals surface area contributed by atoms with Crippen LogP contribution in [0.5, 0.6) is 5.75 Å². The van der Waals surface area contributed by atoms with Crippen molar-refractivity contribution in [3.63, 3.8) is 0 Å². The van der Waals surface area contributed by atoms with E-state index in [1.165, 1.54) is 0 Å². The molecule has 0 aromatic carbocycles. The van der Waals surface area contributed by atoms with Gasteiger partial charge in [-0.15, -0.1) is 0 Å². The van der Waals surface area contributed by atoms with Gasteiger partial charge in [0.1, 0.15) is 0 Å². The number of aromatic nitrogens is 2. The molecule has 3 nitrogen and oxygen atoms in total. The minimum atomic E-state index is 0.721. The van der Waals surface area contributed by atoms with Gasteiger partial charge in [-0.1, -0.05) is 0 Å². The topological polar surface area (TPSA) is 27.1 Å². The fourth-order valence-corrected chi connectivity index (χ4v) is 0.976. The Balaban J connectivity index is 2.31. The highest BCUT2D eigenvalue weighted by Crippen LogP contribution is 2.07. The zero-order valence-electron chi connectivity index (χ0n) is 7.23. The number of hydrogen-bond donors (Lipinski definition) is 1. The Bertz CT molecular complexity index is 225. The van der Waals surface area contributed by atoms with Gasteiger partial charge in [-0.25, -0.2) is 0 Å². The van der Waals surface area contributed by atoms with Crippen LogP contribution < -0.4 is 4.74 Å². The van der Waals surface area contributed by atoms with E-state index in [1.807, 2.05) is 17.8 Å². The van der Waals surface area contributed by atoms with Gasteiger partial charge >= 0.3 is 0 Å². The van der Waals surface area contributed by atoms with Crippen molar-refractivity contribution in [1.29, 1.82) is 0 Å². The molecule has 0 saturated heterocycles. The molecule has 1 aromatic rings. The van der Waals surface area contributed by atoms with E-state index in [1.54, 1.807) is 6.20 Å². The van der Waals surface area contributed by atoms with Crippen LogP contribution in [-0.2, 0) is 6.54 Å². The van der Waals surface area contributed by atoms with E-state index in [2.05, 4.69) is 17.7 Å². The van der Waals surface area contributed by atoms with Crippen molar-refractivity contribution in [2.75, 3.05) is 12.4 Å². The maximum atomic E-state index is 5.40. The molecule has 0 atom stereocenters. The second-order valence-electron chi connectivity index (χ2n) is 2.46. The molecule has 0 fully saturated rings. The molecule has 1 aromatic heterocycles. The van der Waals surface area contributed by atoms with E-state index >= 15 is 0 Å². The minimum Gasteiger partial charge on any atom is -0.490 e. The molecule has 0 radical (unpaired) electrons. The van der Waals surface area contributed by atoms with Crippen molar-refractivity contribution >= 4 is 12.6 Å². The van der Waals surface area contributed by atoms with Gasteiger partial charge in [0, 0.05) is 6.54 Å². The molecule has 12 heavy (non-hydrogen) atoms. The molecule has 0 amide bonds. The van der Waals surface area contributed by atoms with Crippen LogP contribution in [0.3, 0.4) is 0 Å². The molecule has 0 bridgehead atoms. The molecule has 0 saturated carbocycles. The molecule has 68 valence electrons. The lowest BCUT2D eigenvalue weighted by molar-refractivity contribution is 0.318. The van der Waals surface area contributed by atoms with Gasteiger partial charge in [-0.05, 0) is 19.1 Å². The third-order valence-electron chi connectivity index (χ3n) is 1.50. The maximum Gasteiger partial charge on any atom is 0.157 e. The predicted molar refractivity (Wildman–Crippen MR) is 51.9 cm³/mol. The van der Waals surface area contributed by atoms with Crippen molar-refractivity contribution in [1.82, 2.24) is 9.78 Å². The number of thiol groups is 1. The van der Waals surface area contributed by atoms with Crippen molar-refractivity contribution < 1.29 is 4.74 Å². The fourth-order valence-electron chi connectivity index (χ4n) is 0.847. The first kappa shape index (κ1) is 9.45. The van der Waals surface area contributed by atoms with E-state index in [-0.39, 0.29) is 0 Å². The van der Waals surface area contributed by atoms with Gasteiger partial charge in [0.05, 0.1) is 19.0 Å². The quantitative estimate of drug-likeness (QED) is 0.558. The van der Waals surface area contributed by atoms with Crippen LogP contribution in [0.15, 0.2) is 12.4 Å². The maximum absolute atomic E-state index is 5.40. The number of nitrogens with zero attached hydrogens (tertiary/aromatic N) is 2. The van der Waals surface area contributed by atoms with E-state index in [0.717, 1.165) is 31.1 Å². The zero-order valence-corrected chi connectivity index (χ0v) is 8.13. The van der Waals surface area contributed by atoms with Gasteiger partial charge < -0.3 is 4.74 Å². The first-order valence-corrected chi connectivity index (χ1v) is 4.76. The Kier molecular flexibility index (Phi) is 4.00. The molecular weight excluding hydrogens is 172 g/mol. The summed E-state index contributed by atoms with van der Waals surface area (Å²) < 4.78 is 7.24. The van der Waals surface area contributed by atoms with E-state index in [4.69, 9.17) is 4.74 Å². The smallest absolute Gasteiger partial charge is 0.157 e. The molecule has 1 heterocycles. The van der Waals surface area contributed by atoms with Gasteiger partial charge in [0.25, 0.3) is 0 Å². The van der Waals surface area contributed by atoms with Gasteiger partial charge in [0.15, 0.2) is 5.75 Å². The first-order chi connectivity index (χ1) is 5.86. The van der Waals surface area contributed by atoms with Crippen molar-refractivity contribution in [3.05, 3.63) is 12.4 Å². The van der Waals surface area contributed by atoms with Crippen LogP contribution in [-0.4, -0.2) is 22.1 Å². The second-order valence-corrected chi connectivity index (χ2v) is 2.90. The summed E-state index contributed by atoms with van der Waals surface area (Å²) in [7, 11) is 0. The Hall–Kier alpha value is -0.640. The van der Waals surface area contributed by atoms with Crippen LogP contribution in [0, 0.1) is 0 Å². The molecule has 0 spiro atoms. The summed E-state index contributed by atoms with van der Waals surface area (Å²) in [6, 6.07) is 0. The monoisotopic (exact) mass is 186 g/mol. The average molecular weight is 186 g/mol. The molecule has 4 heteroatoms. The Labute approximate surface area is 78.1 Å². The van der Waals surface area contributed by atoms with Gasteiger partial charge in [-0.3, -0.25) is 4.68 Å². The van der Waals surface area contributed by atoms with Gasteiger partial charge in [-0.2, -0.15) is 17.7 Å². The number of rotatable bonds is 5. The van der Waals surface area contributed by atoms with E-state index < -0.39 is 0 Å². The average Bonchev–Trinajstić information content (AvgIpc) is 2.53. The van der Waals surface area contributed by atoms with Crippen LogP contribution in [0.25, 0.3) is 0 Å². The van der Waals surface area contributed by atoms with Gasteiger partial charge in [0.2, 0.25) is 0 Å². The second kappa shape index (κ2) is 5.09. The van der Waals surface area contributed by atoms with E-state index in [0.29, 0.717) is 0 Å². The standard InChI is InChI=1S/C8H14N2OS/c1-2-10-7-8(6-9-10)11-4-3-5-12/h6-7,12H,2-5H2,1H3. The molecule has 0 aliphatic carbocycles. The third-order valence-corrected chi connectivity index (χ3v) is 1.82. The Morgan fingerprint density at radius 2 is 2.50 bits per heavy atom. The lowest BCUT2D eigenvalue weighted by Crippen LogP contribution is -1.97. The highest BCUT2D eigenvalue weighted by Gasteiger charge is 1.96. The summed E-state index contributed by atoms with van der Waals surface area (Å²) in [6.07, 6.45) is 4.61. The summed E-state index contributed by atoms with van der Waals surface area (Å²) in [5.74, 6) is 1.71. The van der Waals surface area contributed by atoms with Crippen LogP contribution in [0.4, 0.5) is 0 Å². The number of aryl methyl sites for hydroxylation is 1. The summed E-state index contributed by atoms with van der Waals surface area (Å²) in [5.41, 5.74) is 0. The summed E-state index contributed by atoms with van der Waals surface area (Å²) in [4.78, 5) is 0. The largest absolute Gasteiger partial charge is 0.490 e. The van der Waals surface area contributed by atoms with Crippen molar-refractivity contribution in [2.45, 2.75) is 19.9 Å². The lowest BCUT2D eigenvalue weighted by atomic mass is 10.5. The summed E-state index contributed by atoms with van der Waals surface area (Å²) in [5, 5.41) is 4.09. The fraction of sp³-hybridized carbons (Fsp3) is 0.625. The molecular formula is C8H14N2OS. The molecule has 0 aliphatic rings. The predicted octanol–water partition coefficient (Wildman–Crippen LogP) is 1.60. The molecule has 0 aliphatic heterocycles. The van der Waals surface area contributed by atoms with Crippen molar-refractivity contribution in [3.8, 4) is 5.75 Å². The van der Waals surface area contributed by atoms with Crippen LogP contribution >= 0.6 is 12.6 Å². The minimum absolute atomic E-state index is 0.721. The highest BCUT2D eigenvalue weighted by molar-refractivity contribution is 7.80. The molecule has 0 unspecified atom stereocenters. The van der Waals surface area contributed by atoms with Crippen LogP contribution in [0.2, 0.25) is 0 Å². The Morgan fingerprint density at radius 3 is 3.08 bits per heavy atom. The van der Waals surface area contributed by atoms with E-state index in [9.17, 15) is 0 Å². The molecule has 1 rings (SSSR count). The third kappa shape index (κ3) is 2.77. The highest BCUT2D eigenvalue weighted by atomic mass is 32.1.